The molecule has 0 spiro atoms. The zero-order valence-electron chi connectivity index (χ0n) is 9.86. The van der Waals surface area contributed by atoms with Crippen molar-refractivity contribution in [3.63, 3.8) is 0 Å². The van der Waals surface area contributed by atoms with Crippen molar-refractivity contribution in [3.8, 4) is 0 Å². The number of nitrogens with zero attached hydrogens (tertiary/aromatic N) is 2. The van der Waals surface area contributed by atoms with Gasteiger partial charge in [0.15, 0.2) is 0 Å². The normalized spacial score (nSPS) is 12.8. The molecule has 1 atom stereocenters. The Labute approximate surface area is 124 Å². The van der Waals surface area contributed by atoms with Crippen LogP contribution in [0.4, 0.5) is 0 Å². The minimum absolute atomic E-state index is 0.0405. The SMILES string of the molecule is CC(CC(N)=O)n1c(CCl)nc2cc(I)ccc21. The summed E-state index contributed by atoms with van der Waals surface area (Å²) in [6.07, 6.45) is 0.279. The van der Waals surface area contributed by atoms with Crippen molar-refractivity contribution in [2.24, 2.45) is 5.73 Å². The summed E-state index contributed by atoms with van der Waals surface area (Å²) in [6, 6.07) is 5.97. The molecule has 96 valence electrons. The highest BCUT2D eigenvalue weighted by Gasteiger charge is 2.16. The van der Waals surface area contributed by atoms with Gasteiger partial charge in [-0.25, -0.2) is 4.98 Å². The molecule has 0 aliphatic heterocycles. The van der Waals surface area contributed by atoms with Crippen molar-refractivity contribution >= 4 is 51.1 Å². The van der Waals surface area contributed by atoms with Gasteiger partial charge in [0.05, 0.1) is 16.9 Å². The highest BCUT2D eigenvalue weighted by atomic mass is 127. The van der Waals surface area contributed by atoms with Crippen molar-refractivity contribution in [3.05, 3.63) is 27.6 Å². The molecule has 1 aromatic heterocycles. The fraction of sp³-hybridized carbons (Fsp3) is 0.333. The maximum absolute atomic E-state index is 11.0. The topological polar surface area (TPSA) is 60.9 Å². The molecule has 0 saturated carbocycles. The molecule has 6 heteroatoms. The lowest BCUT2D eigenvalue weighted by molar-refractivity contribution is -0.118. The van der Waals surface area contributed by atoms with Crippen molar-refractivity contribution in [2.45, 2.75) is 25.3 Å². The molecule has 0 radical (unpaired) electrons. The van der Waals surface area contributed by atoms with E-state index in [1.54, 1.807) is 0 Å². The van der Waals surface area contributed by atoms with Crippen LogP contribution in [0.1, 0.15) is 25.2 Å². The second-order valence-electron chi connectivity index (χ2n) is 4.18. The minimum atomic E-state index is -0.324. The zero-order valence-corrected chi connectivity index (χ0v) is 12.8. The Morgan fingerprint density at radius 3 is 2.94 bits per heavy atom. The van der Waals surface area contributed by atoms with E-state index in [1.165, 1.54) is 0 Å². The van der Waals surface area contributed by atoms with Crippen molar-refractivity contribution in [1.82, 2.24) is 9.55 Å². The number of benzene rings is 1. The Morgan fingerprint density at radius 2 is 2.33 bits per heavy atom. The van der Waals surface area contributed by atoms with E-state index in [2.05, 4.69) is 27.6 Å². The summed E-state index contributed by atoms with van der Waals surface area (Å²) in [7, 11) is 0. The van der Waals surface area contributed by atoms with E-state index >= 15 is 0 Å². The molecule has 0 fully saturated rings. The molecule has 18 heavy (non-hydrogen) atoms. The molecule has 0 aliphatic rings. The number of carbonyl (C=O) groups is 1. The van der Waals surface area contributed by atoms with Gasteiger partial charge in [0, 0.05) is 16.0 Å². The lowest BCUT2D eigenvalue weighted by Crippen LogP contribution is -2.18. The van der Waals surface area contributed by atoms with Gasteiger partial charge in [-0.2, -0.15) is 0 Å². The molecule has 1 heterocycles. The monoisotopic (exact) mass is 377 g/mol. The highest BCUT2D eigenvalue weighted by Crippen LogP contribution is 2.25. The van der Waals surface area contributed by atoms with Crippen LogP contribution in [0.5, 0.6) is 0 Å². The van der Waals surface area contributed by atoms with Gasteiger partial charge in [-0.15, -0.1) is 11.6 Å². The molecule has 0 bridgehead atoms. The van der Waals surface area contributed by atoms with Gasteiger partial charge in [0.25, 0.3) is 0 Å². The van der Waals surface area contributed by atoms with Crippen LogP contribution >= 0.6 is 34.2 Å². The Hall–Kier alpha value is -0.820. The Kier molecular flexibility index (Phi) is 4.11. The van der Waals surface area contributed by atoms with Gasteiger partial charge in [-0.3, -0.25) is 4.79 Å². The zero-order chi connectivity index (χ0) is 13.3. The molecule has 4 nitrogen and oxygen atoms in total. The number of rotatable bonds is 4. The molecule has 1 amide bonds. The minimum Gasteiger partial charge on any atom is -0.370 e. The number of imidazole rings is 1. The molecule has 2 aromatic rings. The molecule has 1 unspecified atom stereocenters. The van der Waals surface area contributed by atoms with E-state index in [1.807, 2.05) is 29.7 Å². The fourth-order valence-corrected chi connectivity index (χ4v) is 2.75. The predicted molar refractivity (Wildman–Crippen MR) is 80.5 cm³/mol. The average Bonchev–Trinajstić information content (AvgIpc) is 2.65. The second kappa shape index (κ2) is 5.44. The predicted octanol–water partition coefficient (Wildman–Crippen LogP) is 2.82. The number of fused-ring (bicyclic) bond motifs is 1. The molecule has 2 N–H and O–H groups in total. The summed E-state index contributed by atoms with van der Waals surface area (Å²) < 4.78 is 3.11. The number of nitrogens with two attached hydrogens (primary N) is 1. The number of hydrogen-bond acceptors (Lipinski definition) is 2. The van der Waals surface area contributed by atoms with Gasteiger partial charge < -0.3 is 10.3 Å². The Bertz CT molecular complexity index is 596. The second-order valence-corrected chi connectivity index (χ2v) is 5.70. The van der Waals surface area contributed by atoms with Crippen molar-refractivity contribution in [1.29, 1.82) is 0 Å². The number of hydrogen-bond donors (Lipinski definition) is 1. The number of halogens is 2. The molecule has 2 rings (SSSR count). The largest absolute Gasteiger partial charge is 0.370 e. The average molecular weight is 378 g/mol. The maximum Gasteiger partial charge on any atom is 0.219 e. The molecule has 1 aromatic carbocycles. The van der Waals surface area contributed by atoms with Crippen LogP contribution in [0, 0.1) is 3.57 Å². The maximum atomic E-state index is 11.0. The fourth-order valence-electron chi connectivity index (χ4n) is 2.09. The van der Waals surface area contributed by atoms with Crippen LogP contribution in [-0.4, -0.2) is 15.5 Å². The Morgan fingerprint density at radius 1 is 1.61 bits per heavy atom. The lowest BCUT2D eigenvalue weighted by atomic mass is 10.2. The van der Waals surface area contributed by atoms with Crippen molar-refractivity contribution in [2.75, 3.05) is 0 Å². The summed E-state index contributed by atoms with van der Waals surface area (Å²) in [5.41, 5.74) is 7.14. The first-order chi connectivity index (χ1) is 8.52. The van der Waals surface area contributed by atoms with Crippen LogP contribution in [0.2, 0.25) is 0 Å². The van der Waals surface area contributed by atoms with Gasteiger partial charge >= 0.3 is 0 Å². The van der Waals surface area contributed by atoms with E-state index < -0.39 is 0 Å². The van der Waals surface area contributed by atoms with Crippen molar-refractivity contribution < 1.29 is 4.79 Å². The van der Waals surface area contributed by atoms with Gasteiger partial charge in [-0.05, 0) is 47.7 Å². The Balaban J connectivity index is 2.56. The quantitative estimate of drug-likeness (QED) is 0.658. The summed E-state index contributed by atoms with van der Waals surface area (Å²) in [5.74, 6) is 0.756. The number of primary amides is 1. The van der Waals surface area contributed by atoms with Gasteiger partial charge in [0.2, 0.25) is 5.91 Å². The first-order valence-corrected chi connectivity index (χ1v) is 7.15. The summed E-state index contributed by atoms with van der Waals surface area (Å²) in [4.78, 5) is 15.5. The third-order valence-corrected chi connectivity index (χ3v) is 3.69. The molecule has 0 aliphatic carbocycles. The standard InChI is InChI=1S/C12H13ClIN3O/c1-7(4-11(15)18)17-10-3-2-8(14)5-9(10)16-12(17)6-13/h2-3,5,7H,4,6H2,1H3,(H2,15,18). The summed E-state index contributed by atoms with van der Waals surface area (Å²) in [6.45, 7) is 1.94. The van der Waals surface area contributed by atoms with E-state index in [-0.39, 0.29) is 18.4 Å². The van der Waals surface area contributed by atoms with Crippen LogP contribution in [0.25, 0.3) is 11.0 Å². The van der Waals surface area contributed by atoms with Crippen LogP contribution in [0.15, 0.2) is 18.2 Å². The van der Waals surface area contributed by atoms with Gasteiger partial charge in [0.1, 0.15) is 5.82 Å². The van der Waals surface area contributed by atoms with E-state index in [0.29, 0.717) is 5.88 Å². The molecular formula is C12H13ClIN3O. The smallest absolute Gasteiger partial charge is 0.219 e. The molecular weight excluding hydrogens is 365 g/mol. The number of amides is 1. The lowest BCUT2D eigenvalue weighted by Gasteiger charge is -2.15. The van der Waals surface area contributed by atoms with Crippen LogP contribution < -0.4 is 5.73 Å². The molecule has 0 saturated heterocycles. The van der Waals surface area contributed by atoms with E-state index in [0.717, 1.165) is 20.4 Å². The highest BCUT2D eigenvalue weighted by molar-refractivity contribution is 14.1. The first-order valence-electron chi connectivity index (χ1n) is 5.53. The van der Waals surface area contributed by atoms with E-state index in [4.69, 9.17) is 17.3 Å². The third kappa shape index (κ3) is 2.61. The van der Waals surface area contributed by atoms with E-state index in [9.17, 15) is 4.79 Å². The number of aromatic nitrogens is 2. The third-order valence-electron chi connectivity index (χ3n) is 2.78. The number of alkyl halides is 1. The summed E-state index contributed by atoms with van der Waals surface area (Å²) in [5, 5.41) is 0. The van der Waals surface area contributed by atoms with Crippen LogP contribution in [0.3, 0.4) is 0 Å². The summed E-state index contributed by atoms with van der Waals surface area (Å²) >= 11 is 8.16. The number of carbonyl (C=O) groups excluding carboxylic acids is 1. The first kappa shape index (κ1) is 13.6. The van der Waals surface area contributed by atoms with Crippen LogP contribution in [-0.2, 0) is 10.7 Å². The van der Waals surface area contributed by atoms with Gasteiger partial charge in [-0.1, -0.05) is 0 Å².